The number of anilines is 1. The van der Waals surface area contributed by atoms with Gasteiger partial charge in [0.05, 0.1) is 0 Å². The Hall–Kier alpha value is -1.96. The molecule has 0 radical (unpaired) electrons. The molecule has 0 unspecified atom stereocenters. The summed E-state index contributed by atoms with van der Waals surface area (Å²) in [5, 5.41) is 0. The largest absolute Gasteiger partial charge is 0.457 e. The van der Waals surface area contributed by atoms with Crippen LogP contribution in [0.15, 0.2) is 48.5 Å². The molecule has 2 heteroatoms. The summed E-state index contributed by atoms with van der Waals surface area (Å²) in [5.41, 5.74) is 7.57. The molecule has 0 saturated heterocycles. The van der Waals surface area contributed by atoms with Gasteiger partial charge in [0.25, 0.3) is 0 Å². The maximum absolute atomic E-state index is 5.80. The van der Waals surface area contributed by atoms with E-state index in [1.54, 1.807) is 0 Å². The third kappa shape index (κ3) is 2.34. The Labute approximate surface area is 95.7 Å². The first kappa shape index (κ1) is 10.6. The van der Waals surface area contributed by atoms with E-state index in [4.69, 9.17) is 10.5 Å². The molecule has 0 saturated carbocycles. The number of nitrogen functional groups attached to an aromatic ring is 1. The van der Waals surface area contributed by atoms with Gasteiger partial charge in [-0.2, -0.15) is 0 Å². The van der Waals surface area contributed by atoms with E-state index in [0.29, 0.717) is 0 Å². The number of rotatable bonds is 3. The van der Waals surface area contributed by atoms with E-state index in [1.165, 1.54) is 5.56 Å². The smallest absolute Gasteiger partial charge is 0.130 e. The van der Waals surface area contributed by atoms with Gasteiger partial charge in [-0.1, -0.05) is 25.1 Å². The molecule has 0 amide bonds. The monoisotopic (exact) mass is 213 g/mol. The molecule has 0 aliphatic carbocycles. The number of benzene rings is 2. The topological polar surface area (TPSA) is 35.2 Å². The minimum atomic E-state index is 0.746. The second-order valence-corrected chi connectivity index (χ2v) is 3.63. The Bertz CT molecular complexity index is 462. The van der Waals surface area contributed by atoms with Crippen LogP contribution in [0.2, 0.25) is 0 Å². The van der Waals surface area contributed by atoms with Crippen molar-refractivity contribution in [2.24, 2.45) is 0 Å². The normalized spacial score (nSPS) is 10.1. The molecule has 0 aromatic heterocycles. The van der Waals surface area contributed by atoms with Gasteiger partial charge in [0.1, 0.15) is 11.5 Å². The molecule has 2 aromatic rings. The molecule has 2 nitrogen and oxygen atoms in total. The van der Waals surface area contributed by atoms with E-state index >= 15 is 0 Å². The lowest BCUT2D eigenvalue weighted by molar-refractivity contribution is 0.477. The molecule has 2 aromatic carbocycles. The quantitative estimate of drug-likeness (QED) is 0.790. The van der Waals surface area contributed by atoms with Crippen molar-refractivity contribution in [1.82, 2.24) is 0 Å². The highest BCUT2D eigenvalue weighted by molar-refractivity contribution is 5.44. The van der Waals surface area contributed by atoms with E-state index in [2.05, 4.69) is 13.0 Å². The van der Waals surface area contributed by atoms with Gasteiger partial charge >= 0.3 is 0 Å². The Balaban J connectivity index is 2.23. The standard InChI is InChI=1S/C14H15NO/c1-2-11-5-3-4-6-14(11)16-13-9-7-12(15)8-10-13/h3-10H,2,15H2,1H3. The van der Waals surface area contributed by atoms with Gasteiger partial charge in [0.15, 0.2) is 0 Å². The van der Waals surface area contributed by atoms with E-state index in [-0.39, 0.29) is 0 Å². The lowest BCUT2D eigenvalue weighted by Crippen LogP contribution is -1.90. The van der Waals surface area contributed by atoms with Crippen LogP contribution in [0.25, 0.3) is 0 Å². The Morgan fingerprint density at radius 3 is 2.38 bits per heavy atom. The van der Waals surface area contributed by atoms with Crippen molar-refractivity contribution in [3.63, 3.8) is 0 Å². The van der Waals surface area contributed by atoms with Gasteiger partial charge < -0.3 is 10.5 Å². The van der Waals surface area contributed by atoms with E-state index in [9.17, 15) is 0 Å². The van der Waals surface area contributed by atoms with Crippen LogP contribution < -0.4 is 10.5 Å². The maximum atomic E-state index is 5.80. The SMILES string of the molecule is CCc1ccccc1Oc1ccc(N)cc1. The minimum absolute atomic E-state index is 0.746. The fourth-order valence-corrected chi connectivity index (χ4v) is 1.56. The van der Waals surface area contributed by atoms with Crippen LogP contribution in [0.1, 0.15) is 12.5 Å². The second kappa shape index (κ2) is 4.71. The molecule has 2 N–H and O–H groups in total. The summed E-state index contributed by atoms with van der Waals surface area (Å²) >= 11 is 0. The first-order chi connectivity index (χ1) is 7.79. The van der Waals surface area contributed by atoms with Crippen LogP contribution in [0.5, 0.6) is 11.5 Å². The number of hydrogen-bond acceptors (Lipinski definition) is 2. The lowest BCUT2D eigenvalue weighted by atomic mass is 10.1. The first-order valence-electron chi connectivity index (χ1n) is 5.41. The molecular weight excluding hydrogens is 198 g/mol. The van der Waals surface area contributed by atoms with Crippen molar-refractivity contribution < 1.29 is 4.74 Å². The van der Waals surface area contributed by atoms with E-state index < -0.39 is 0 Å². The van der Waals surface area contributed by atoms with Crippen LogP contribution in [0.4, 0.5) is 5.69 Å². The third-order valence-electron chi connectivity index (χ3n) is 2.46. The molecule has 16 heavy (non-hydrogen) atoms. The summed E-state index contributed by atoms with van der Waals surface area (Å²) in [6.07, 6.45) is 0.963. The molecule has 0 atom stereocenters. The number of nitrogens with two attached hydrogens (primary N) is 1. The molecule has 0 aliphatic heterocycles. The van der Waals surface area contributed by atoms with Crippen molar-refractivity contribution >= 4 is 5.69 Å². The molecule has 0 aliphatic rings. The van der Waals surface area contributed by atoms with Crippen LogP contribution in [-0.2, 0) is 6.42 Å². The summed E-state index contributed by atoms with van der Waals surface area (Å²) in [7, 11) is 0. The number of para-hydroxylation sites is 1. The zero-order valence-corrected chi connectivity index (χ0v) is 9.31. The highest BCUT2D eigenvalue weighted by Crippen LogP contribution is 2.25. The first-order valence-corrected chi connectivity index (χ1v) is 5.41. The highest BCUT2D eigenvalue weighted by atomic mass is 16.5. The zero-order valence-electron chi connectivity index (χ0n) is 9.31. The number of aryl methyl sites for hydroxylation is 1. The Morgan fingerprint density at radius 1 is 1.00 bits per heavy atom. The van der Waals surface area contributed by atoms with Gasteiger partial charge in [0.2, 0.25) is 0 Å². The van der Waals surface area contributed by atoms with Crippen molar-refractivity contribution in [2.75, 3.05) is 5.73 Å². The molecule has 0 spiro atoms. The van der Waals surface area contributed by atoms with Gasteiger partial charge in [-0.3, -0.25) is 0 Å². The fourth-order valence-electron chi connectivity index (χ4n) is 1.56. The number of hydrogen-bond donors (Lipinski definition) is 1. The fraction of sp³-hybridized carbons (Fsp3) is 0.143. The second-order valence-electron chi connectivity index (χ2n) is 3.63. The number of ether oxygens (including phenoxy) is 1. The van der Waals surface area contributed by atoms with Gasteiger partial charge in [-0.15, -0.1) is 0 Å². The van der Waals surface area contributed by atoms with E-state index in [1.807, 2.05) is 42.5 Å². The summed E-state index contributed by atoms with van der Waals surface area (Å²) in [5.74, 6) is 1.73. The van der Waals surface area contributed by atoms with Gasteiger partial charge in [0, 0.05) is 5.69 Å². The molecule has 0 heterocycles. The maximum Gasteiger partial charge on any atom is 0.130 e. The van der Waals surface area contributed by atoms with E-state index in [0.717, 1.165) is 23.6 Å². The van der Waals surface area contributed by atoms with Crippen molar-refractivity contribution in [3.8, 4) is 11.5 Å². The van der Waals surface area contributed by atoms with Crippen molar-refractivity contribution in [3.05, 3.63) is 54.1 Å². The average Bonchev–Trinajstić information content (AvgIpc) is 2.33. The van der Waals surface area contributed by atoms with Crippen LogP contribution in [0, 0.1) is 0 Å². The Kier molecular flexibility index (Phi) is 3.10. The van der Waals surface area contributed by atoms with Crippen LogP contribution >= 0.6 is 0 Å². The molecule has 0 fully saturated rings. The predicted molar refractivity (Wildman–Crippen MR) is 66.7 cm³/mol. The van der Waals surface area contributed by atoms with Crippen molar-refractivity contribution in [1.29, 1.82) is 0 Å². The summed E-state index contributed by atoms with van der Waals surface area (Å²) < 4.78 is 5.80. The third-order valence-corrected chi connectivity index (χ3v) is 2.46. The Morgan fingerprint density at radius 2 is 1.69 bits per heavy atom. The predicted octanol–water partition coefficient (Wildman–Crippen LogP) is 3.62. The highest BCUT2D eigenvalue weighted by Gasteiger charge is 2.01. The summed E-state index contributed by atoms with van der Waals surface area (Å²) in [6.45, 7) is 2.12. The molecule has 2 rings (SSSR count). The minimum Gasteiger partial charge on any atom is -0.457 e. The zero-order chi connectivity index (χ0) is 11.4. The lowest BCUT2D eigenvalue weighted by Gasteiger charge is -2.09. The summed E-state index contributed by atoms with van der Waals surface area (Å²) in [6, 6.07) is 15.5. The van der Waals surface area contributed by atoms with Gasteiger partial charge in [-0.25, -0.2) is 0 Å². The molecule has 0 bridgehead atoms. The van der Waals surface area contributed by atoms with Gasteiger partial charge in [-0.05, 0) is 42.3 Å². The summed E-state index contributed by atoms with van der Waals surface area (Å²) in [4.78, 5) is 0. The molecule has 82 valence electrons. The van der Waals surface area contributed by atoms with Crippen molar-refractivity contribution in [2.45, 2.75) is 13.3 Å². The van der Waals surface area contributed by atoms with Crippen LogP contribution in [0.3, 0.4) is 0 Å². The average molecular weight is 213 g/mol. The molecular formula is C14H15NO. The van der Waals surface area contributed by atoms with Crippen LogP contribution in [-0.4, -0.2) is 0 Å².